The van der Waals surface area contributed by atoms with E-state index in [1.807, 2.05) is 24.3 Å². The van der Waals surface area contributed by atoms with Crippen LogP contribution in [0, 0.1) is 5.82 Å². The molecule has 0 unspecified atom stereocenters. The molecule has 0 aliphatic carbocycles. The normalized spacial score (nSPS) is 15.9. The van der Waals surface area contributed by atoms with E-state index < -0.39 is 6.10 Å². The van der Waals surface area contributed by atoms with Crippen LogP contribution in [-0.2, 0) is 11.3 Å². The van der Waals surface area contributed by atoms with E-state index in [1.165, 1.54) is 24.3 Å². The average Bonchev–Trinajstić information content (AvgIpc) is 2.75. The molecular weight excluding hydrogens is 385 g/mol. The second-order valence-corrected chi connectivity index (χ2v) is 7.36. The van der Waals surface area contributed by atoms with Crippen LogP contribution in [-0.4, -0.2) is 58.0 Å². The van der Waals surface area contributed by atoms with Gasteiger partial charge in [-0.1, -0.05) is 12.1 Å². The monoisotopic (exact) mass is 409 g/mol. The molecule has 1 amide bonds. The number of aromatic nitrogens is 2. The number of fused-ring (bicyclic) bond motifs is 1. The highest BCUT2D eigenvalue weighted by molar-refractivity contribution is 5.87. The Balaban J connectivity index is 1.32. The molecule has 2 aromatic carbocycles. The third kappa shape index (κ3) is 4.49. The Bertz CT molecular complexity index is 1040. The van der Waals surface area contributed by atoms with Crippen molar-refractivity contribution in [2.45, 2.75) is 19.6 Å². The van der Waals surface area contributed by atoms with Gasteiger partial charge >= 0.3 is 0 Å². The highest BCUT2D eigenvalue weighted by atomic mass is 19.1. The molecule has 8 heteroatoms. The minimum atomic E-state index is -0.634. The summed E-state index contributed by atoms with van der Waals surface area (Å²) in [6.07, 6.45) is -0.634. The zero-order chi connectivity index (χ0) is 21.1. The van der Waals surface area contributed by atoms with Crippen molar-refractivity contribution in [2.75, 3.05) is 31.9 Å². The maximum absolute atomic E-state index is 13.0. The summed E-state index contributed by atoms with van der Waals surface area (Å²) in [6.45, 7) is 4.91. The third-order valence-electron chi connectivity index (χ3n) is 5.20. The lowest BCUT2D eigenvalue weighted by atomic mass is 10.2. The van der Waals surface area contributed by atoms with Gasteiger partial charge in [0.1, 0.15) is 23.2 Å². The molecule has 1 saturated heterocycles. The number of hydrogen-bond acceptors (Lipinski definition) is 6. The van der Waals surface area contributed by atoms with Gasteiger partial charge in [-0.25, -0.2) is 14.4 Å². The Morgan fingerprint density at radius 1 is 1.10 bits per heavy atom. The number of nitrogens with two attached hydrogens (primary N) is 1. The van der Waals surface area contributed by atoms with Gasteiger partial charge in [0.15, 0.2) is 6.10 Å². The first-order valence-corrected chi connectivity index (χ1v) is 9.94. The summed E-state index contributed by atoms with van der Waals surface area (Å²) in [5, 5.41) is 0.854. The zero-order valence-electron chi connectivity index (χ0n) is 16.8. The Morgan fingerprint density at radius 2 is 1.80 bits per heavy atom. The number of carbonyl (C=O) groups is 1. The smallest absolute Gasteiger partial charge is 0.263 e. The van der Waals surface area contributed by atoms with Crippen LogP contribution < -0.4 is 10.5 Å². The van der Waals surface area contributed by atoms with Crippen molar-refractivity contribution >= 4 is 22.6 Å². The molecule has 1 atom stereocenters. The number of carbonyl (C=O) groups excluding carboxylic acids is 1. The van der Waals surface area contributed by atoms with Gasteiger partial charge in [-0.2, -0.15) is 0 Å². The van der Waals surface area contributed by atoms with E-state index in [9.17, 15) is 9.18 Å². The number of rotatable bonds is 5. The van der Waals surface area contributed by atoms with Crippen molar-refractivity contribution in [1.82, 2.24) is 19.8 Å². The second-order valence-electron chi connectivity index (χ2n) is 7.36. The maximum Gasteiger partial charge on any atom is 0.263 e. The Kier molecular flexibility index (Phi) is 5.76. The van der Waals surface area contributed by atoms with Gasteiger partial charge in [0.25, 0.3) is 5.91 Å². The molecule has 1 fully saturated rings. The van der Waals surface area contributed by atoms with Crippen LogP contribution in [0.25, 0.3) is 10.9 Å². The van der Waals surface area contributed by atoms with Gasteiger partial charge in [-0.3, -0.25) is 9.69 Å². The number of halogens is 1. The molecule has 0 spiro atoms. The Morgan fingerprint density at radius 3 is 2.53 bits per heavy atom. The molecule has 1 aliphatic heterocycles. The van der Waals surface area contributed by atoms with Crippen LogP contribution in [0.5, 0.6) is 5.75 Å². The summed E-state index contributed by atoms with van der Waals surface area (Å²) in [6, 6.07) is 13.3. The van der Waals surface area contributed by atoms with E-state index >= 15 is 0 Å². The standard InChI is InChI=1S/C22H24FN5O2/c1-15(30-17-8-6-16(23)7-9-17)22(29)28-12-10-27(11-13-28)14-20-25-19-5-3-2-4-18(19)21(24)26-20/h2-9,15H,10-14H2,1H3,(H2,24,25,26)/t15-/m0/s1. The first-order chi connectivity index (χ1) is 14.5. The molecule has 2 N–H and O–H groups in total. The lowest BCUT2D eigenvalue weighted by Gasteiger charge is -2.35. The number of piperazine rings is 1. The molecule has 0 bridgehead atoms. The minimum Gasteiger partial charge on any atom is -0.481 e. The lowest BCUT2D eigenvalue weighted by molar-refractivity contribution is -0.139. The number of anilines is 1. The number of para-hydroxylation sites is 1. The minimum absolute atomic E-state index is 0.0785. The average molecular weight is 409 g/mol. The molecule has 1 aliphatic rings. The lowest BCUT2D eigenvalue weighted by Crippen LogP contribution is -2.51. The molecule has 2 heterocycles. The van der Waals surface area contributed by atoms with E-state index in [0.717, 1.165) is 10.9 Å². The van der Waals surface area contributed by atoms with Gasteiger partial charge in [-0.15, -0.1) is 0 Å². The van der Waals surface area contributed by atoms with Crippen molar-refractivity contribution in [2.24, 2.45) is 0 Å². The summed E-state index contributed by atoms with van der Waals surface area (Å²) < 4.78 is 18.7. The summed E-state index contributed by atoms with van der Waals surface area (Å²) in [5.41, 5.74) is 6.91. The molecule has 4 rings (SSSR count). The summed E-state index contributed by atoms with van der Waals surface area (Å²) in [5.74, 6) is 1.22. The van der Waals surface area contributed by atoms with Gasteiger partial charge in [-0.05, 0) is 43.3 Å². The number of hydrogen-bond donors (Lipinski definition) is 1. The van der Waals surface area contributed by atoms with E-state index in [-0.39, 0.29) is 11.7 Å². The first-order valence-electron chi connectivity index (χ1n) is 9.94. The van der Waals surface area contributed by atoms with Crippen molar-refractivity contribution in [3.63, 3.8) is 0 Å². The number of amides is 1. The van der Waals surface area contributed by atoms with Gasteiger partial charge in [0.05, 0.1) is 12.1 Å². The van der Waals surface area contributed by atoms with Crippen molar-refractivity contribution in [1.29, 1.82) is 0 Å². The van der Waals surface area contributed by atoms with Crippen LogP contribution in [0.3, 0.4) is 0 Å². The van der Waals surface area contributed by atoms with Crippen LogP contribution in [0.15, 0.2) is 48.5 Å². The molecule has 156 valence electrons. The number of benzene rings is 2. The summed E-state index contributed by atoms with van der Waals surface area (Å²) in [7, 11) is 0. The van der Waals surface area contributed by atoms with Crippen molar-refractivity contribution in [3.05, 3.63) is 60.2 Å². The highest BCUT2D eigenvalue weighted by Crippen LogP contribution is 2.19. The third-order valence-corrected chi connectivity index (χ3v) is 5.20. The van der Waals surface area contributed by atoms with Crippen LogP contribution in [0.1, 0.15) is 12.7 Å². The quantitative estimate of drug-likeness (QED) is 0.697. The van der Waals surface area contributed by atoms with E-state index in [0.29, 0.717) is 50.1 Å². The van der Waals surface area contributed by atoms with Gasteiger partial charge in [0, 0.05) is 31.6 Å². The summed E-state index contributed by atoms with van der Waals surface area (Å²) in [4.78, 5) is 25.7. The number of ether oxygens (including phenoxy) is 1. The molecule has 1 aromatic heterocycles. The Labute approximate surface area is 174 Å². The molecule has 30 heavy (non-hydrogen) atoms. The molecule has 0 radical (unpaired) electrons. The van der Waals surface area contributed by atoms with E-state index in [2.05, 4.69) is 14.9 Å². The SMILES string of the molecule is C[C@H](Oc1ccc(F)cc1)C(=O)N1CCN(Cc2nc(N)c3ccccc3n2)CC1. The largest absolute Gasteiger partial charge is 0.481 e. The molecule has 7 nitrogen and oxygen atoms in total. The first kappa shape index (κ1) is 20.0. The van der Waals surface area contributed by atoms with Crippen molar-refractivity contribution in [3.8, 4) is 5.75 Å². The van der Waals surface area contributed by atoms with Crippen LogP contribution in [0.4, 0.5) is 10.2 Å². The fourth-order valence-electron chi connectivity index (χ4n) is 3.57. The predicted octanol–water partition coefficient (Wildman–Crippen LogP) is 2.46. The van der Waals surface area contributed by atoms with Crippen LogP contribution >= 0.6 is 0 Å². The van der Waals surface area contributed by atoms with E-state index in [4.69, 9.17) is 10.5 Å². The maximum atomic E-state index is 13.0. The number of nitrogen functional groups attached to an aromatic ring is 1. The molecule has 0 saturated carbocycles. The highest BCUT2D eigenvalue weighted by Gasteiger charge is 2.26. The predicted molar refractivity (Wildman–Crippen MR) is 112 cm³/mol. The van der Waals surface area contributed by atoms with Gasteiger partial charge in [0.2, 0.25) is 0 Å². The fraction of sp³-hybridized carbons (Fsp3) is 0.318. The van der Waals surface area contributed by atoms with E-state index in [1.54, 1.807) is 11.8 Å². The number of nitrogens with zero attached hydrogens (tertiary/aromatic N) is 4. The molecule has 3 aromatic rings. The Hall–Kier alpha value is -3.26. The van der Waals surface area contributed by atoms with Crippen LogP contribution in [0.2, 0.25) is 0 Å². The second kappa shape index (κ2) is 8.62. The van der Waals surface area contributed by atoms with Gasteiger partial charge < -0.3 is 15.4 Å². The molecular formula is C22H24FN5O2. The summed E-state index contributed by atoms with van der Waals surface area (Å²) >= 11 is 0. The van der Waals surface area contributed by atoms with Crippen molar-refractivity contribution < 1.29 is 13.9 Å². The fourth-order valence-corrected chi connectivity index (χ4v) is 3.57. The topological polar surface area (TPSA) is 84.6 Å². The zero-order valence-corrected chi connectivity index (χ0v) is 16.8.